The molecule has 1 atom stereocenters. The lowest BCUT2D eigenvalue weighted by Crippen LogP contribution is -2.29. The van der Waals surface area contributed by atoms with E-state index in [1.807, 2.05) is 31.1 Å². The summed E-state index contributed by atoms with van der Waals surface area (Å²) in [6, 6.07) is 11.9. The smallest absolute Gasteiger partial charge is 0.347 e. The Kier molecular flexibility index (Phi) is 7.33. The lowest BCUT2D eigenvalue weighted by Gasteiger charge is -2.15. The molecule has 0 spiro atoms. The maximum Gasteiger partial charge on any atom is 0.347 e. The van der Waals surface area contributed by atoms with Crippen molar-refractivity contribution in [2.24, 2.45) is 0 Å². The zero-order chi connectivity index (χ0) is 20.0. The highest BCUT2D eigenvalue weighted by Crippen LogP contribution is 2.28. The zero-order valence-corrected chi connectivity index (χ0v) is 16.7. The number of hydrogen-bond acceptors (Lipinski definition) is 5. The van der Waals surface area contributed by atoms with Crippen molar-refractivity contribution in [2.45, 2.75) is 13.0 Å². The predicted molar refractivity (Wildman–Crippen MR) is 107 cm³/mol. The number of hydrogen-bond donors (Lipinski definition) is 1. The summed E-state index contributed by atoms with van der Waals surface area (Å²) in [5.74, 6) is -0.826. The molecule has 27 heavy (non-hydrogen) atoms. The third-order valence-corrected chi connectivity index (χ3v) is 4.07. The van der Waals surface area contributed by atoms with Gasteiger partial charge in [-0.15, -0.1) is 0 Å². The molecule has 8 heteroatoms. The first-order valence-electron chi connectivity index (χ1n) is 8.12. The Morgan fingerprint density at radius 3 is 2.37 bits per heavy atom. The highest BCUT2D eigenvalue weighted by Gasteiger charge is 2.19. The Morgan fingerprint density at radius 2 is 1.78 bits per heavy atom. The zero-order valence-electron chi connectivity index (χ0n) is 15.2. The van der Waals surface area contributed by atoms with Gasteiger partial charge in [-0.25, -0.2) is 4.79 Å². The number of anilines is 2. The van der Waals surface area contributed by atoms with Crippen molar-refractivity contribution in [3.8, 4) is 5.75 Å². The van der Waals surface area contributed by atoms with E-state index in [-0.39, 0.29) is 5.02 Å². The molecule has 1 N–H and O–H groups in total. The molecule has 0 bridgehead atoms. The number of halogens is 2. The summed E-state index contributed by atoms with van der Waals surface area (Å²) < 4.78 is 10.4. The average molecular weight is 411 g/mol. The summed E-state index contributed by atoms with van der Waals surface area (Å²) in [5.41, 5.74) is 1.62. The van der Waals surface area contributed by atoms with Gasteiger partial charge < -0.3 is 19.7 Å². The third-order valence-electron chi connectivity index (χ3n) is 3.54. The molecule has 2 aromatic carbocycles. The second-order valence-corrected chi connectivity index (χ2v) is 6.78. The van der Waals surface area contributed by atoms with Crippen LogP contribution in [0.5, 0.6) is 5.75 Å². The topological polar surface area (TPSA) is 67.9 Å². The summed E-state index contributed by atoms with van der Waals surface area (Å²) in [5, 5.41) is 3.39. The number of rotatable bonds is 7. The molecule has 0 aliphatic rings. The van der Waals surface area contributed by atoms with Gasteiger partial charge in [0.15, 0.2) is 12.7 Å². The molecular weight excluding hydrogens is 391 g/mol. The summed E-state index contributed by atoms with van der Waals surface area (Å²) in [6.45, 7) is 1.08. The van der Waals surface area contributed by atoms with E-state index >= 15 is 0 Å². The minimum absolute atomic E-state index is 0.279. The number of nitrogens with zero attached hydrogens (tertiary/aromatic N) is 1. The Bertz CT molecular complexity index is 810. The van der Waals surface area contributed by atoms with E-state index in [0.29, 0.717) is 16.5 Å². The largest absolute Gasteiger partial charge is 0.477 e. The summed E-state index contributed by atoms with van der Waals surface area (Å²) >= 11 is 11.8. The van der Waals surface area contributed by atoms with Crippen molar-refractivity contribution >= 4 is 46.5 Å². The Hall–Kier alpha value is -2.44. The van der Waals surface area contributed by atoms with Crippen molar-refractivity contribution in [1.82, 2.24) is 0 Å². The predicted octanol–water partition coefficient (Wildman–Crippen LogP) is 4.01. The Labute approximate surface area is 168 Å². The minimum Gasteiger partial charge on any atom is -0.477 e. The molecule has 6 nitrogen and oxygen atoms in total. The molecule has 0 aliphatic carbocycles. The fourth-order valence-electron chi connectivity index (χ4n) is 2.10. The van der Waals surface area contributed by atoms with Gasteiger partial charge in [-0.1, -0.05) is 23.2 Å². The van der Waals surface area contributed by atoms with Crippen molar-refractivity contribution < 1.29 is 19.1 Å². The van der Waals surface area contributed by atoms with E-state index in [4.69, 9.17) is 32.7 Å². The number of esters is 1. The highest BCUT2D eigenvalue weighted by atomic mass is 35.5. The fourth-order valence-corrected chi connectivity index (χ4v) is 2.56. The van der Waals surface area contributed by atoms with Gasteiger partial charge in [0.25, 0.3) is 5.91 Å². The molecule has 0 aliphatic heterocycles. The summed E-state index contributed by atoms with van der Waals surface area (Å²) in [7, 11) is 3.85. The molecule has 0 unspecified atom stereocenters. The van der Waals surface area contributed by atoms with E-state index in [0.717, 1.165) is 5.69 Å². The maximum atomic E-state index is 12.0. The normalized spacial score (nSPS) is 11.4. The van der Waals surface area contributed by atoms with E-state index in [1.54, 1.807) is 24.3 Å². The van der Waals surface area contributed by atoms with Gasteiger partial charge in [0.1, 0.15) is 5.75 Å². The van der Waals surface area contributed by atoms with Gasteiger partial charge in [0.2, 0.25) is 0 Å². The second-order valence-electron chi connectivity index (χ2n) is 5.93. The van der Waals surface area contributed by atoms with Crippen LogP contribution in [0.15, 0.2) is 42.5 Å². The molecule has 0 heterocycles. The van der Waals surface area contributed by atoms with Crippen molar-refractivity contribution in [3.63, 3.8) is 0 Å². The van der Waals surface area contributed by atoms with Crippen LogP contribution in [0.1, 0.15) is 6.92 Å². The molecule has 144 valence electrons. The number of nitrogens with one attached hydrogen (secondary N) is 1. The first-order chi connectivity index (χ1) is 12.8. The van der Waals surface area contributed by atoms with E-state index in [9.17, 15) is 9.59 Å². The first-order valence-corrected chi connectivity index (χ1v) is 8.87. The monoisotopic (exact) mass is 410 g/mol. The van der Waals surface area contributed by atoms with Gasteiger partial charge in [0.05, 0.1) is 5.02 Å². The maximum absolute atomic E-state index is 12.0. The molecule has 0 fully saturated rings. The average Bonchev–Trinajstić information content (AvgIpc) is 2.62. The molecule has 1 amide bonds. The van der Waals surface area contributed by atoms with Crippen LogP contribution in [-0.2, 0) is 14.3 Å². The van der Waals surface area contributed by atoms with Crippen molar-refractivity contribution in [3.05, 3.63) is 52.5 Å². The minimum atomic E-state index is -0.934. The van der Waals surface area contributed by atoms with Crippen LogP contribution in [0.4, 0.5) is 11.4 Å². The highest BCUT2D eigenvalue weighted by molar-refractivity contribution is 6.35. The van der Waals surface area contributed by atoms with Crippen LogP contribution in [-0.4, -0.2) is 38.7 Å². The molecule has 0 saturated carbocycles. The van der Waals surface area contributed by atoms with Gasteiger partial charge in [0, 0.05) is 30.5 Å². The number of carbonyl (C=O) groups is 2. The Balaban J connectivity index is 1.82. The van der Waals surface area contributed by atoms with Gasteiger partial charge >= 0.3 is 5.97 Å². The molecule has 0 radical (unpaired) electrons. The van der Waals surface area contributed by atoms with Crippen LogP contribution >= 0.6 is 23.2 Å². The number of ether oxygens (including phenoxy) is 2. The molecule has 2 rings (SSSR count). The van der Waals surface area contributed by atoms with Crippen LogP contribution in [0.2, 0.25) is 10.0 Å². The summed E-state index contributed by atoms with van der Waals surface area (Å²) in [4.78, 5) is 25.9. The van der Waals surface area contributed by atoms with Crippen LogP contribution in [0.25, 0.3) is 0 Å². The molecule has 0 aromatic heterocycles. The lowest BCUT2D eigenvalue weighted by atomic mass is 10.2. The van der Waals surface area contributed by atoms with Crippen LogP contribution in [0.3, 0.4) is 0 Å². The third kappa shape index (κ3) is 6.34. The van der Waals surface area contributed by atoms with E-state index < -0.39 is 24.6 Å². The lowest BCUT2D eigenvalue weighted by molar-refractivity contribution is -0.153. The van der Waals surface area contributed by atoms with Gasteiger partial charge in [-0.3, -0.25) is 4.79 Å². The number of benzene rings is 2. The summed E-state index contributed by atoms with van der Waals surface area (Å²) in [6.07, 6.45) is -0.934. The van der Waals surface area contributed by atoms with E-state index in [2.05, 4.69) is 5.32 Å². The second kappa shape index (κ2) is 9.48. The standard InChI is InChI=1S/C19H20Cl2N2O4/c1-12(27-17-9-4-13(20)10-16(17)21)19(25)26-11-18(24)22-14-5-7-15(8-6-14)23(2)3/h4-10,12H,11H2,1-3H3,(H,22,24)/t12-/m0/s1. The van der Waals surface area contributed by atoms with E-state index in [1.165, 1.54) is 13.0 Å². The Morgan fingerprint density at radius 1 is 1.11 bits per heavy atom. The van der Waals surface area contributed by atoms with Crippen LogP contribution < -0.4 is 15.0 Å². The van der Waals surface area contributed by atoms with Crippen molar-refractivity contribution in [1.29, 1.82) is 0 Å². The number of amides is 1. The van der Waals surface area contributed by atoms with Gasteiger partial charge in [-0.2, -0.15) is 0 Å². The quantitative estimate of drug-likeness (QED) is 0.698. The van der Waals surface area contributed by atoms with Crippen molar-refractivity contribution in [2.75, 3.05) is 30.9 Å². The fraction of sp³-hybridized carbons (Fsp3) is 0.263. The number of carbonyl (C=O) groups excluding carboxylic acids is 2. The van der Waals surface area contributed by atoms with Crippen LogP contribution in [0, 0.1) is 0 Å². The SMILES string of the molecule is C[C@H](Oc1ccc(Cl)cc1Cl)C(=O)OCC(=O)Nc1ccc(N(C)C)cc1. The molecule has 0 saturated heterocycles. The van der Waals surface area contributed by atoms with Gasteiger partial charge in [-0.05, 0) is 49.4 Å². The first kappa shape index (κ1) is 20.9. The molecule has 2 aromatic rings. The molecular formula is C19H20Cl2N2O4.